The highest BCUT2D eigenvalue weighted by Gasteiger charge is 2.14. The topological polar surface area (TPSA) is 41.1 Å². The van der Waals surface area contributed by atoms with Gasteiger partial charge in [0.25, 0.3) is 0 Å². The van der Waals surface area contributed by atoms with Gasteiger partial charge in [0, 0.05) is 37.6 Å². The Labute approximate surface area is 103 Å². The van der Waals surface area contributed by atoms with Crippen molar-refractivity contribution in [1.82, 2.24) is 15.3 Å². The first kappa shape index (κ1) is 12.3. The fraction of sp³-hybridized carbons (Fsp3) is 0.692. The maximum atomic E-state index is 4.43. The van der Waals surface area contributed by atoms with E-state index >= 15 is 0 Å². The second-order valence-corrected chi connectivity index (χ2v) is 4.62. The van der Waals surface area contributed by atoms with E-state index in [0.29, 0.717) is 0 Å². The second-order valence-electron chi connectivity index (χ2n) is 4.62. The average Bonchev–Trinajstić information content (AvgIpc) is 2.89. The molecule has 0 spiro atoms. The Balaban J connectivity index is 1.80. The lowest BCUT2D eigenvalue weighted by atomic mass is 10.3. The monoisotopic (exact) mass is 234 g/mol. The average molecular weight is 234 g/mol. The van der Waals surface area contributed by atoms with E-state index in [2.05, 4.69) is 27.1 Å². The van der Waals surface area contributed by atoms with E-state index in [1.807, 2.05) is 12.4 Å². The zero-order chi connectivity index (χ0) is 11.9. The zero-order valence-electron chi connectivity index (χ0n) is 10.7. The van der Waals surface area contributed by atoms with Gasteiger partial charge in [0.05, 0.1) is 0 Å². The number of hydrogen-bond acceptors (Lipinski definition) is 4. The smallest absolute Gasteiger partial charge is 0.225 e. The first-order valence-corrected chi connectivity index (χ1v) is 6.66. The van der Waals surface area contributed by atoms with Crippen LogP contribution in [0.15, 0.2) is 12.4 Å². The second kappa shape index (κ2) is 6.55. The number of hydrogen-bond donors (Lipinski definition) is 1. The summed E-state index contributed by atoms with van der Waals surface area (Å²) in [7, 11) is 0. The highest BCUT2D eigenvalue weighted by molar-refractivity contribution is 5.30. The van der Waals surface area contributed by atoms with Crippen molar-refractivity contribution in [2.75, 3.05) is 24.5 Å². The number of rotatable bonds is 6. The first-order valence-electron chi connectivity index (χ1n) is 6.66. The van der Waals surface area contributed by atoms with Gasteiger partial charge in [-0.15, -0.1) is 0 Å². The van der Waals surface area contributed by atoms with Gasteiger partial charge < -0.3 is 10.2 Å². The summed E-state index contributed by atoms with van der Waals surface area (Å²) in [5.74, 6) is 0.889. The largest absolute Gasteiger partial charge is 0.341 e. The summed E-state index contributed by atoms with van der Waals surface area (Å²) in [6, 6.07) is 0. The fourth-order valence-corrected chi connectivity index (χ4v) is 2.05. The van der Waals surface area contributed by atoms with Crippen molar-refractivity contribution in [3.8, 4) is 0 Å². The predicted octanol–water partition coefficient (Wildman–Crippen LogP) is 1.97. The van der Waals surface area contributed by atoms with E-state index in [0.717, 1.165) is 32.1 Å². The minimum atomic E-state index is 0.875. The number of nitrogens with one attached hydrogen (secondary N) is 1. The van der Waals surface area contributed by atoms with Gasteiger partial charge in [-0.3, -0.25) is 0 Å². The molecule has 2 rings (SSSR count). The predicted molar refractivity (Wildman–Crippen MR) is 70.1 cm³/mol. The van der Waals surface area contributed by atoms with Crippen molar-refractivity contribution in [3.05, 3.63) is 18.0 Å². The fourth-order valence-electron chi connectivity index (χ4n) is 2.05. The molecule has 4 nitrogen and oxygen atoms in total. The van der Waals surface area contributed by atoms with Crippen LogP contribution in [0.5, 0.6) is 0 Å². The van der Waals surface area contributed by atoms with Crippen LogP contribution in [0, 0.1) is 0 Å². The normalized spacial score (nSPS) is 15.5. The third-order valence-electron chi connectivity index (χ3n) is 3.12. The van der Waals surface area contributed by atoms with Crippen molar-refractivity contribution in [2.24, 2.45) is 0 Å². The molecular weight excluding hydrogens is 212 g/mol. The van der Waals surface area contributed by atoms with Crippen LogP contribution < -0.4 is 10.2 Å². The van der Waals surface area contributed by atoms with Gasteiger partial charge in [0.1, 0.15) is 0 Å². The maximum Gasteiger partial charge on any atom is 0.225 e. The molecule has 0 aliphatic carbocycles. The van der Waals surface area contributed by atoms with Crippen LogP contribution in [-0.4, -0.2) is 29.6 Å². The molecule has 1 aliphatic rings. The number of anilines is 1. The molecule has 0 saturated carbocycles. The molecule has 1 aliphatic heterocycles. The molecule has 1 fully saturated rings. The number of aromatic nitrogens is 2. The van der Waals surface area contributed by atoms with Crippen LogP contribution in [0.4, 0.5) is 5.95 Å². The third-order valence-corrected chi connectivity index (χ3v) is 3.12. The molecule has 2 heterocycles. The SMILES string of the molecule is CCCCNCc1cnc(N2CCCC2)nc1. The van der Waals surface area contributed by atoms with Crippen LogP contribution in [0.25, 0.3) is 0 Å². The van der Waals surface area contributed by atoms with Crippen molar-refractivity contribution in [2.45, 2.75) is 39.2 Å². The summed E-state index contributed by atoms with van der Waals surface area (Å²) in [5, 5.41) is 3.40. The van der Waals surface area contributed by atoms with Crippen LogP contribution in [0.2, 0.25) is 0 Å². The highest BCUT2D eigenvalue weighted by Crippen LogP contribution is 2.14. The lowest BCUT2D eigenvalue weighted by Crippen LogP contribution is -2.21. The Bertz CT molecular complexity index is 317. The minimum absolute atomic E-state index is 0.875. The lowest BCUT2D eigenvalue weighted by Gasteiger charge is -2.14. The summed E-state index contributed by atoms with van der Waals surface area (Å²) in [5.41, 5.74) is 1.17. The first-order chi connectivity index (χ1) is 8.40. The van der Waals surface area contributed by atoms with Gasteiger partial charge in [-0.05, 0) is 25.8 Å². The van der Waals surface area contributed by atoms with E-state index in [9.17, 15) is 0 Å². The molecule has 0 aromatic carbocycles. The van der Waals surface area contributed by atoms with E-state index in [1.54, 1.807) is 0 Å². The Morgan fingerprint density at radius 1 is 1.24 bits per heavy atom. The molecule has 94 valence electrons. The molecule has 1 aromatic rings. The Morgan fingerprint density at radius 2 is 1.94 bits per heavy atom. The molecule has 0 bridgehead atoms. The molecule has 1 saturated heterocycles. The molecular formula is C13H22N4. The number of nitrogens with zero attached hydrogens (tertiary/aromatic N) is 3. The van der Waals surface area contributed by atoms with Crippen LogP contribution in [-0.2, 0) is 6.54 Å². The van der Waals surface area contributed by atoms with Gasteiger partial charge in [-0.1, -0.05) is 13.3 Å². The quantitative estimate of drug-likeness (QED) is 0.764. The third kappa shape index (κ3) is 3.66. The van der Waals surface area contributed by atoms with Crippen molar-refractivity contribution in [1.29, 1.82) is 0 Å². The van der Waals surface area contributed by atoms with Crippen LogP contribution in [0.1, 0.15) is 38.2 Å². The number of unbranched alkanes of at least 4 members (excludes halogenated alkanes) is 1. The Kier molecular flexibility index (Phi) is 4.74. The van der Waals surface area contributed by atoms with E-state index in [1.165, 1.54) is 31.2 Å². The summed E-state index contributed by atoms with van der Waals surface area (Å²) in [6.45, 7) is 6.36. The zero-order valence-corrected chi connectivity index (χ0v) is 10.7. The summed E-state index contributed by atoms with van der Waals surface area (Å²) in [4.78, 5) is 11.1. The van der Waals surface area contributed by atoms with E-state index < -0.39 is 0 Å². The summed E-state index contributed by atoms with van der Waals surface area (Å²) in [6.07, 6.45) is 8.89. The Hall–Kier alpha value is -1.16. The molecule has 1 aromatic heterocycles. The highest BCUT2D eigenvalue weighted by atomic mass is 15.3. The van der Waals surface area contributed by atoms with Crippen LogP contribution in [0.3, 0.4) is 0 Å². The standard InChI is InChI=1S/C13H22N4/c1-2-3-6-14-9-12-10-15-13(16-11-12)17-7-4-5-8-17/h10-11,14H,2-9H2,1H3. The van der Waals surface area contributed by atoms with Crippen molar-refractivity contribution >= 4 is 5.95 Å². The van der Waals surface area contributed by atoms with Gasteiger partial charge in [0.2, 0.25) is 5.95 Å². The summed E-state index contributed by atoms with van der Waals surface area (Å²) >= 11 is 0. The van der Waals surface area contributed by atoms with Gasteiger partial charge >= 0.3 is 0 Å². The Morgan fingerprint density at radius 3 is 2.59 bits per heavy atom. The molecule has 0 radical (unpaired) electrons. The van der Waals surface area contributed by atoms with Crippen molar-refractivity contribution < 1.29 is 0 Å². The summed E-state index contributed by atoms with van der Waals surface area (Å²) < 4.78 is 0. The van der Waals surface area contributed by atoms with Gasteiger partial charge in [-0.25, -0.2) is 9.97 Å². The molecule has 0 atom stereocenters. The maximum absolute atomic E-state index is 4.43. The van der Waals surface area contributed by atoms with E-state index in [4.69, 9.17) is 0 Å². The minimum Gasteiger partial charge on any atom is -0.341 e. The van der Waals surface area contributed by atoms with Gasteiger partial charge in [-0.2, -0.15) is 0 Å². The van der Waals surface area contributed by atoms with Crippen LogP contribution >= 0.6 is 0 Å². The molecule has 1 N–H and O–H groups in total. The van der Waals surface area contributed by atoms with Gasteiger partial charge in [0.15, 0.2) is 0 Å². The molecule has 17 heavy (non-hydrogen) atoms. The molecule has 0 amide bonds. The molecule has 0 unspecified atom stereocenters. The van der Waals surface area contributed by atoms with Crippen molar-refractivity contribution in [3.63, 3.8) is 0 Å². The molecule has 4 heteroatoms. The lowest BCUT2D eigenvalue weighted by molar-refractivity contribution is 0.638. The van der Waals surface area contributed by atoms with E-state index in [-0.39, 0.29) is 0 Å².